The lowest BCUT2D eigenvalue weighted by Crippen LogP contribution is -2.14. The molecule has 11 heteroatoms. The molecule has 2 aromatic carbocycles. The van der Waals surface area contributed by atoms with Crippen molar-refractivity contribution in [3.63, 3.8) is 0 Å². The van der Waals surface area contributed by atoms with Gasteiger partial charge in [-0.25, -0.2) is 4.98 Å². The Labute approximate surface area is 180 Å². The number of ether oxygens (including phenoxy) is 1. The summed E-state index contributed by atoms with van der Waals surface area (Å²) in [5, 5.41) is 18.1. The van der Waals surface area contributed by atoms with Crippen LogP contribution >= 0.6 is 11.8 Å². The van der Waals surface area contributed by atoms with Gasteiger partial charge < -0.3 is 14.6 Å². The fourth-order valence-corrected chi connectivity index (χ4v) is 3.86. The van der Waals surface area contributed by atoms with Gasteiger partial charge in [-0.05, 0) is 25.1 Å². The molecule has 1 N–H and O–H groups in total. The van der Waals surface area contributed by atoms with Gasteiger partial charge in [0.05, 0.1) is 34.5 Å². The number of nitrogens with zero attached hydrogens (tertiary/aromatic N) is 4. The molecule has 0 spiro atoms. The zero-order valence-corrected chi connectivity index (χ0v) is 17.4. The minimum absolute atomic E-state index is 0.0481. The number of rotatable bonds is 7. The first kappa shape index (κ1) is 20.4. The van der Waals surface area contributed by atoms with E-state index in [2.05, 4.69) is 15.5 Å². The van der Waals surface area contributed by atoms with E-state index in [-0.39, 0.29) is 17.3 Å². The van der Waals surface area contributed by atoms with Gasteiger partial charge >= 0.3 is 0 Å². The zero-order chi connectivity index (χ0) is 22.0. The highest BCUT2D eigenvalue weighted by Crippen LogP contribution is 2.33. The van der Waals surface area contributed by atoms with Gasteiger partial charge in [0.15, 0.2) is 11.0 Å². The highest BCUT2D eigenvalue weighted by atomic mass is 32.2. The molecule has 10 nitrogen and oxygen atoms in total. The number of nitro benzene ring substituents is 1. The standard InChI is InChI=1S/C20H17N5O5S/c1-12-9-18(23-30-12)22-19(26)11-31-20-21-14-10-13(25(27)28)7-8-15(14)24(20)16-5-3-4-6-17(16)29-2/h3-10H,11H2,1-2H3,(H,22,23,26). The molecule has 1 amide bonds. The van der Waals surface area contributed by atoms with E-state index >= 15 is 0 Å². The molecule has 31 heavy (non-hydrogen) atoms. The van der Waals surface area contributed by atoms with Gasteiger partial charge in [-0.1, -0.05) is 29.1 Å². The molecule has 0 aliphatic rings. The molecule has 0 saturated carbocycles. The second kappa shape index (κ2) is 8.48. The number of hydrogen-bond acceptors (Lipinski definition) is 8. The number of para-hydroxylation sites is 2. The number of methoxy groups -OCH3 is 1. The van der Waals surface area contributed by atoms with Crippen LogP contribution in [0.25, 0.3) is 16.7 Å². The van der Waals surface area contributed by atoms with Crippen molar-refractivity contribution in [1.29, 1.82) is 0 Å². The fraction of sp³-hybridized carbons (Fsp3) is 0.150. The first-order valence-electron chi connectivity index (χ1n) is 9.12. The molecule has 0 radical (unpaired) electrons. The van der Waals surface area contributed by atoms with Crippen LogP contribution in [0.15, 0.2) is 58.2 Å². The topological polar surface area (TPSA) is 125 Å². The van der Waals surface area contributed by atoms with E-state index < -0.39 is 4.92 Å². The van der Waals surface area contributed by atoms with E-state index in [4.69, 9.17) is 9.26 Å². The summed E-state index contributed by atoms with van der Waals surface area (Å²) in [5.41, 5.74) is 1.74. The maximum Gasteiger partial charge on any atom is 0.271 e. The van der Waals surface area contributed by atoms with Crippen molar-refractivity contribution in [2.45, 2.75) is 12.1 Å². The van der Waals surface area contributed by atoms with Crippen molar-refractivity contribution in [3.8, 4) is 11.4 Å². The van der Waals surface area contributed by atoms with Gasteiger partial charge in [0.25, 0.3) is 5.69 Å². The number of carbonyl (C=O) groups excluding carboxylic acids is 1. The van der Waals surface area contributed by atoms with Crippen LogP contribution in [0.3, 0.4) is 0 Å². The van der Waals surface area contributed by atoms with Crippen LogP contribution in [-0.4, -0.2) is 38.4 Å². The number of thioether (sulfide) groups is 1. The number of fused-ring (bicyclic) bond motifs is 1. The molecule has 0 atom stereocenters. The Hall–Kier alpha value is -3.86. The predicted octanol–water partition coefficient (Wildman–Crippen LogP) is 3.97. The van der Waals surface area contributed by atoms with E-state index in [1.165, 1.54) is 23.9 Å². The molecule has 158 valence electrons. The molecule has 2 heterocycles. The van der Waals surface area contributed by atoms with Crippen LogP contribution in [-0.2, 0) is 4.79 Å². The summed E-state index contributed by atoms with van der Waals surface area (Å²) >= 11 is 1.19. The molecule has 0 saturated heterocycles. The minimum Gasteiger partial charge on any atom is -0.495 e. The zero-order valence-electron chi connectivity index (χ0n) is 16.6. The third-order valence-electron chi connectivity index (χ3n) is 4.37. The maximum atomic E-state index is 12.4. The minimum atomic E-state index is -0.471. The highest BCUT2D eigenvalue weighted by Gasteiger charge is 2.19. The lowest BCUT2D eigenvalue weighted by molar-refractivity contribution is -0.384. The summed E-state index contributed by atoms with van der Waals surface area (Å²) < 4.78 is 12.2. The SMILES string of the molecule is COc1ccccc1-n1c(SCC(=O)Nc2cc(C)on2)nc2cc([N+](=O)[O-])ccc21. The molecule has 0 bridgehead atoms. The second-order valence-electron chi connectivity index (χ2n) is 6.49. The molecule has 0 unspecified atom stereocenters. The first-order valence-corrected chi connectivity index (χ1v) is 10.1. The number of nitrogens with one attached hydrogen (secondary N) is 1. The van der Waals surface area contributed by atoms with Crippen molar-refractivity contribution >= 4 is 40.2 Å². The number of aromatic nitrogens is 3. The molecule has 4 aromatic rings. The number of benzene rings is 2. The number of carbonyl (C=O) groups is 1. The van der Waals surface area contributed by atoms with Gasteiger partial charge in [-0.15, -0.1) is 0 Å². The summed E-state index contributed by atoms with van der Waals surface area (Å²) in [4.78, 5) is 27.6. The van der Waals surface area contributed by atoms with E-state index in [1.54, 1.807) is 32.2 Å². The van der Waals surface area contributed by atoms with Crippen LogP contribution in [0.1, 0.15) is 5.76 Å². The van der Waals surface area contributed by atoms with Crippen LogP contribution in [0.4, 0.5) is 11.5 Å². The number of anilines is 1. The van der Waals surface area contributed by atoms with E-state index in [0.717, 1.165) is 0 Å². The van der Waals surface area contributed by atoms with Crippen molar-refractivity contribution in [2.75, 3.05) is 18.2 Å². The molecule has 4 rings (SSSR count). The molecular weight excluding hydrogens is 422 g/mol. The normalized spacial score (nSPS) is 10.9. The average Bonchev–Trinajstić information content (AvgIpc) is 3.34. The largest absolute Gasteiger partial charge is 0.495 e. The van der Waals surface area contributed by atoms with E-state index in [9.17, 15) is 14.9 Å². The third-order valence-corrected chi connectivity index (χ3v) is 5.31. The van der Waals surface area contributed by atoms with Crippen LogP contribution in [0, 0.1) is 17.0 Å². The Kier molecular flexibility index (Phi) is 5.58. The maximum absolute atomic E-state index is 12.4. The van der Waals surface area contributed by atoms with Gasteiger partial charge in [-0.3, -0.25) is 19.5 Å². The number of hydrogen-bond donors (Lipinski definition) is 1. The molecule has 0 fully saturated rings. The second-order valence-corrected chi connectivity index (χ2v) is 7.43. The van der Waals surface area contributed by atoms with Crippen LogP contribution in [0.2, 0.25) is 0 Å². The van der Waals surface area contributed by atoms with Crippen molar-refractivity contribution < 1.29 is 19.0 Å². The molecular formula is C20H17N5O5S. The summed E-state index contributed by atoms with van der Waals surface area (Å²) in [6, 6.07) is 13.4. The number of aryl methyl sites for hydroxylation is 1. The highest BCUT2D eigenvalue weighted by molar-refractivity contribution is 7.99. The van der Waals surface area contributed by atoms with Crippen LogP contribution < -0.4 is 10.1 Å². The summed E-state index contributed by atoms with van der Waals surface area (Å²) in [6.07, 6.45) is 0. The quantitative estimate of drug-likeness (QED) is 0.260. The Morgan fingerprint density at radius 1 is 1.29 bits per heavy atom. The molecule has 2 aromatic heterocycles. The lowest BCUT2D eigenvalue weighted by Gasteiger charge is -2.12. The predicted molar refractivity (Wildman–Crippen MR) is 115 cm³/mol. The number of amides is 1. The number of imidazole rings is 1. The van der Waals surface area contributed by atoms with Crippen molar-refractivity contribution in [1.82, 2.24) is 14.7 Å². The fourth-order valence-electron chi connectivity index (χ4n) is 3.04. The smallest absolute Gasteiger partial charge is 0.271 e. The van der Waals surface area contributed by atoms with Crippen LogP contribution in [0.5, 0.6) is 5.75 Å². The first-order chi connectivity index (χ1) is 15.0. The number of nitro groups is 1. The van der Waals surface area contributed by atoms with Gasteiger partial charge in [0.1, 0.15) is 11.5 Å². The Balaban J connectivity index is 1.70. The Morgan fingerprint density at radius 3 is 2.81 bits per heavy atom. The van der Waals surface area contributed by atoms with E-state index in [0.29, 0.717) is 39.2 Å². The monoisotopic (exact) mass is 439 g/mol. The Bertz CT molecular complexity index is 1280. The van der Waals surface area contributed by atoms with Gasteiger partial charge in [0, 0.05) is 18.2 Å². The third kappa shape index (κ3) is 4.21. The average molecular weight is 439 g/mol. The summed E-state index contributed by atoms with van der Waals surface area (Å²) in [7, 11) is 1.56. The van der Waals surface area contributed by atoms with Crippen molar-refractivity contribution in [3.05, 3.63) is 64.4 Å². The molecule has 0 aliphatic heterocycles. The summed E-state index contributed by atoms with van der Waals surface area (Å²) in [5.74, 6) is 1.28. The Morgan fingerprint density at radius 2 is 2.10 bits per heavy atom. The van der Waals surface area contributed by atoms with E-state index in [1.807, 2.05) is 22.8 Å². The van der Waals surface area contributed by atoms with Crippen molar-refractivity contribution in [2.24, 2.45) is 0 Å². The molecule has 0 aliphatic carbocycles. The summed E-state index contributed by atoms with van der Waals surface area (Å²) in [6.45, 7) is 1.73. The van der Waals surface area contributed by atoms with Gasteiger partial charge in [-0.2, -0.15) is 0 Å². The number of non-ortho nitro benzene ring substituents is 1. The lowest BCUT2D eigenvalue weighted by atomic mass is 10.2. The van der Waals surface area contributed by atoms with Gasteiger partial charge in [0.2, 0.25) is 5.91 Å².